The summed E-state index contributed by atoms with van der Waals surface area (Å²) in [6, 6.07) is 8.03. The number of ether oxygens (including phenoxy) is 1. The molecule has 0 fully saturated rings. The third-order valence-corrected chi connectivity index (χ3v) is 4.60. The van der Waals surface area contributed by atoms with Crippen LogP contribution in [0.15, 0.2) is 29.6 Å². The van der Waals surface area contributed by atoms with Crippen molar-refractivity contribution in [1.82, 2.24) is 0 Å². The summed E-state index contributed by atoms with van der Waals surface area (Å²) in [6.45, 7) is 0.309. The van der Waals surface area contributed by atoms with E-state index >= 15 is 0 Å². The van der Waals surface area contributed by atoms with Crippen LogP contribution in [0.2, 0.25) is 0 Å². The largest absolute Gasteiger partial charge is 0.489 e. The quantitative estimate of drug-likeness (QED) is 0.928. The van der Waals surface area contributed by atoms with Gasteiger partial charge in [-0.15, -0.1) is 11.3 Å². The number of benzene rings is 1. The molecule has 1 aromatic carbocycles. The molecule has 4 heteroatoms. The first-order valence-corrected chi connectivity index (χ1v) is 7.66. The number of thiophene rings is 1. The SMILES string of the molecule is O=C(O)c1sccc1COc1ccc2c(c1)CCCC2. The molecule has 3 nitrogen and oxygen atoms in total. The standard InChI is InChI=1S/C16H16O3S/c17-16(18)15-13(7-8-20-15)10-19-14-6-5-11-3-1-2-4-12(11)9-14/h5-9H,1-4,10H2,(H,17,18). The number of hydrogen-bond acceptors (Lipinski definition) is 3. The highest BCUT2D eigenvalue weighted by Gasteiger charge is 2.13. The lowest BCUT2D eigenvalue weighted by Crippen LogP contribution is -2.04. The number of rotatable bonds is 4. The lowest BCUT2D eigenvalue weighted by molar-refractivity contribution is 0.0699. The third-order valence-electron chi connectivity index (χ3n) is 3.66. The van der Waals surface area contributed by atoms with Gasteiger partial charge in [-0.05, 0) is 60.4 Å². The molecular formula is C16H16O3S. The molecule has 104 valence electrons. The van der Waals surface area contributed by atoms with Gasteiger partial charge in [-0.1, -0.05) is 6.07 Å². The minimum atomic E-state index is -0.885. The highest BCUT2D eigenvalue weighted by atomic mass is 32.1. The predicted molar refractivity (Wildman–Crippen MR) is 78.7 cm³/mol. The van der Waals surface area contributed by atoms with E-state index in [1.807, 2.05) is 12.1 Å². The molecule has 0 atom stereocenters. The minimum absolute atomic E-state index is 0.309. The fraction of sp³-hybridized carbons (Fsp3) is 0.312. The molecule has 1 aliphatic carbocycles. The molecule has 0 amide bonds. The van der Waals surface area contributed by atoms with Crippen molar-refractivity contribution in [3.63, 3.8) is 0 Å². The molecule has 0 unspecified atom stereocenters. The summed E-state index contributed by atoms with van der Waals surface area (Å²) >= 11 is 1.24. The van der Waals surface area contributed by atoms with Gasteiger partial charge in [-0.25, -0.2) is 4.79 Å². The van der Waals surface area contributed by atoms with Crippen molar-refractivity contribution in [3.8, 4) is 5.75 Å². The van der Waals surface area contributed by atoms with Crippen LogP contribution in [0, 0.1) is 0 Å². The number of carboxylic acids is 1. The van der Waals surface area contributed by atoms with Crippen molar-refractivity contribution in [1.29, 1.82) is 0 Å². The summed E-state index contributed by atoms with van der Waals surface area (Å²) in [6.07, 6.45) is 4.78. The van der Waals surface area contributed by atoms with Crippen LogP contribution in [-0.4, -0.2) is 11.1 Å². The van der Waals surface area contributed by atoms with Gasteiger partial charge in [0.1, 0.15) is 17.2 Å². The lowest BCUT2D eigenvalue weighted by atomic mass is 9.92. The van der Waals surface area contributed by atoms with Crippen molar-refractivity contribution >= 4 is 17.3 Å². The number of carboxylic acid groups (broad SMARTS) is 1. The molecule has 0 saturated heterocycles. The van der Waals surface area contributed by atoms with Crippen molar-refractivity contribution in [2.45, 2.75) is 32.3 Å². The zero-order valence-corrected chi connectivity index (χ0v) is 11.9. The molecule has 2 aromatic rings. The zero-order valence-electron chi connectivity index (χ0n) is 11.1. The van der Waals surface area contributed by atoms with Gasteiger partial charge in [0.2, 0.25) is 0 Å². The summed E-state index contributed by atoms with van der Waals surface area (Å²) in [5.74, 6) is -0.0581. The first-order chi connectivity index (χ1) is 9.74. The van der Waals surface area contributed by atoms with Crippen molar-refractivity contribution in [2.75, 3.05) is 0 Å². The number of aryl methyl sites for hydroxylation is 2. The zero-order chi connectivity index (χ0) is 13.9. The second-order valence-electron chi connectivity index (χ2n) is 5.01. The van der Waals surface area contributed by atoms with E-state index in [4.69, 9.17) is 9.84 Å². The van der Waals surface area contributed by atoms with Gasteiger partial charge in [0.15, 0.2) is 0 Å². The Morgan fingerprint density at radius 3 is 2.80 bits per heavy atom. The van der Waals surface area contributed by atoms with Gasteiger partial charge >= 0.3 is 5.97 Å². The molecule has 1 aliphatic rings. The summed E-state index contributed by atoms with van der Waals surface area (Å²) < 4.78 is 5.75. The van der Waals surface area contributed by atoms with Crippen LogP contribution >= 0.6 is 11.3 Å². The second kappa shape index (κ2) is 5.67. The van der Waals surface area contributed by atoms with Crippen LogP contribution in [0.3, 0.4) is 0 Å². The second-order valence-corrected chi connectivity index (χ2v) is 5.92. The maximum Gasteiger partial charge on any atom is 0.346 e. The Balaban J connectivity index is 1.72. The van der Waals surface area contributed by atoms with Gasteiger partial charge in [0, 0.05) is 5.56 Å². The molecule has 1 aromatic heterocycles. The van der Waals surface area contributed by atoms with Crippen LogP contribution in [0.25, 0.3) is 0 Å². The van der Waals surface area contributed by atoms with Crippen LogP contribution < -0.4 is 4.74 Å². The highest BCUT2D eigenvalue weighted by Crippen LogP contribution is 2.26. The van der Waals surface area contributed by atoms with E-state index < -0.39 is 5.97 Å². The number of fused-ring (bicyclic) bond motifs is 1. The average molecular weight is 288 g/mol. The fourth-order valence-corrected chi connectivity index (χ4v) is 3.35. The van der Waals surface area contributed by atoms with E-state index in [-0.39, 0.29) is 0 Å². The Labute approximate surface area is 121 Å². The molecule has 0 saturated carbocycles. The van der Waals surface area contributed by atoms with E-state index in [2.05, 4.69) is 12.1 Å². The lowest BCUT2D eigenvalue weighted by Gasteiger charge is -2.16. The van der Waals surface area contributed by atoms with Crippen molar-refractivity contribution in [2.24, 2.45) is 0 Å². The first-order valence-electron chi connectivity index (χ1n) is 6.78. The summed E-state index contributed by atoms with van der Waals surface area (Å²) in [4.78, 5) is 11.4. The van der Waals surface area contributed by atoms with Gasteiger partial charge in [0.25, 0.3) is 0 Å². The summed E-state index contributed by atoms with van der Waals surface area (Å²) in [5.41, 5.74) is 3.53. The Morgan fingerprint density at radius 1 is 1.20 bits per heavy atom. The van der Waals surface area contributed by atoms with Crippen LogP contribution in [-0.2, 0) is 19.4 Å². The number of carbonyl (C=O) groups is 1. The normalized spacial score (nSPS) is 13.8. The number of hydrogen-bond donors (Lipinski definition) is 1. The molecule has 0 spiro atoms. The Morgan fingerprint density at radius 2 is 2.00 bits per heavy atom. The molecule has 1 heterocycles. The molecule has 0 aliphatic heterocycles. The smallest absolute Gasteiger partial charge is 0.346 e. The Kier molecular flexibility index (Phi) is 3.74. The predicted octanol–water partition coefficient (Wildman–Crippen LogP) is 3.90. The third kappa shape index (κ3) is 2.70. The summed E-state index contributed by atoms with van der Waals surface area (Å²) in [5, 5.41) is 10.9. The van der Waals surface area contributed by atoms with Gasteiger partial charge < -0.3 is 9.84 Å². The van der Waals surface area contributed by atoms with Crippen LogP contribution in [0.5, 0.6) is 5.75 Å². The van der Waals surface area contributed by atoms with Gasteiger partial charge in [0.05, 0.1) is 0 Å². The highest BCUT2D eigenvalue weighted by molar-refractivity contribution is 7.12. The maximum absolute atomic E-state index is 11.0. The van der Waals surface area contributed by atoms with E-state index in [9.17, 15) is 4.79 Å². The van der Waals surface area contributed by atoms with Gasteiger partial charge in [-0.3, -0.25) is 0 Å². The molecule has 0 radical (unpaired) electrons. The topological polar surface area (TPSA) is 46.5 Å². The van der Waals surface area contributed by atoms with Crippen molar-refractivity contribution in [3.05, 3.63) is 51.2 Å². The van der Waals surface area contributed by atoms with Gasteiger partial charge in [-0.2, -0.15) is 0 Å². The van der Waals surface area contributed by atoms with E-state index in [1.165, 1.54) is 35.3 Å². The molecule has 3 rings (SSSR count). The molecular weight excluding hydrogens is 272 g/mol. The van der Waals surface area contributed by atoms with Crippen LogP contribution in [0.1, 0.15) is 39.2 Å². The fourth-order valence-electron chi connectivity index (χ4n) is 2.60. The molecule has 0 bridgehead atoms. The average Bonchev–Trinajstić information content (AvgIpc) is 2.93. The molecule has 20 heavy (non-hydrogen) atoms. The Bertz CT molecular complexity index is 630. The number of aromatic carboxylic acids is 1. The Hall–Kier alpha value is -1.81. The minimum Gasteiger partial charge on any atom is -0.489 e. The van der Waals surface area contributed by atoms with E-state index in [1.54, 1.807) is 5.38 Å². The maximum atomic E-state index is 11.0. The molecule has 1 N–H and O–H groups in total. The summed E-state index contributed by atoms with van der Waals surface area (Å²) in [7, 11) is 0. The monoisotopic (exact) mass is 288 g/mol. The van der Waals surface area contributed by atoms with Crippen molar-refractivity contribution < 1.29 is 14.6 Å². The van der Waals surface area contributed by atoms with Crippen LogP contribution in [0.4, 0.5) is 0 Å². The first kappa shape index (κ1) is 13.2. The van der Waals surface area contributed by atoms with E-state index in [0.29, 0.717) is 11.5 Å². The van der Waals surface area contributed by atoms with E-state index in [0.717, 1.165) is 24.2 Å².